The van der Waals surface area contributed by atoms with Crippen molar-refractivity contribution >= 4 is 11.6 Å². The zero-order chi connectivity index (χ0) is 10.3. The third kappa shape index (κ3) is 1.50. The number of nitrogens with one attached hydrogen (secondary N) is 2. The lowest BCUT2D eigenvalue weighted by molar-refractivity contribution is -0.117. The lowest BCUT2D eigenvalue weighted by Crippen LogP contribution is -2.19. The lowest BCUT2D eigenvalue weighted by Gasteiger charge is -2.03. The van der Waals surface area contributed by atoms with Crippen LogP contribution in [0.1, 0.15) is 17.8 Å². The van der Waals surface area contributed by atoms with E-state index in [1.807, 2.05) is 13.8 Å². The highest BCUT2D eigenvalue weighted by atomic mass is 16.2. The summed E-state index contributed by atoms with van der Waals surface area (Å²) in [5.41, 5.74) is 8.06. The predicted molar refractivity (Wildman–Crippen MR) is 52.8 cm³/mol. The van der Waals surface area contributed by atoms with Crippen molar-refractivity contribution in [2.75, 3.05) is 5.32 Å². The first-order chi connectivity index (χ1) is 6.59. The maximum atomic E-state index is 11.6. The largest absolute Gasteiger partial charge is 0.327 e. The molecular weight excluding hydrogens is 180 g/mol. The number of carbonyl (C=O) groups excluding carboxylic acids is 1. The highest BCUT2D eigenvalue weighted by Crippen LogP contribution is 2.29. The molecule has 2 atom stereocenters. The van der Waals surface area contributed by atoms with E-state index in [0.29, 0.717) is 0 Å². The molecule has 0 aromatic carbocycles. The molecular formula is C9H14N4O. The van der Waals surface area contributed by atoms with Crippen molar-refractivity contribution in [1.82, 2.24) is 10.2 Å². The molecule has 1 aromatic rings. The van der Waals surface area contributed by atoms with Gasteiger partial charge in [-0.1, -0.05) is 0 Å². The molecule has 1 amide bonds. The molecule has 4 N–H and O–H groups in total. The van der Waals surface area contributed by atoms with E-state index in [0.717, 1.165) is 23.5 Å². The fourth-order valence-electron chi connectivity index (χ4n) is 1.47. The van der Waals surface area contributed by atoms with Gasteiger partial charge in [0, 0.05) is 6.04 Å². The number of nitrogens with zero attached hydrogens (tertiary/aromatic N) is 1. The quantitative estimate of drug-likeness (QED) is 0.633. The van der Waals surface area contributed by atoms with Gasteiger partial charge in [-0.25, -0.2) is 0 Å². The standard InChI is InChI=1S/C9H14N4O/c1-4-8(5(2)13-12-4)11-9(14)6-3-7(6)10/h6-7H,3,10H2,1-2H3,(H,11,14)(H,12,13). The molecule has 0 bridgehead atoms. The molecule has 1 aliphatic carbocycles. The molecule has 0 aliphatic heterocycles. The molecule has 1 aliphatic rings. The van der Waals surface area contributed by atoms with E-state index in [4.69, 9.17) is 5.73 Å². The van der Waals surface area contributed by atoms with Gasteiger partial charge in [0.15, 0.2) is 0 Å². The minimum absolute atomic E-state index is 0.00472. The molecule has 1 heterocycles. The third-order valence-corrected chi connectivity index (χ3v) is 2.55. The number of nitrogens with two attached hydrogens (primary N) is 1. The summed E-state index contributed by atoms with van der Waals surface area (Å²) in [5.74, 6) is -0.00574. The molecule has 1 saturated carbocycles. The van der Waals surface area contributed by atoms with Crippen molar-refractivity contribution in [3.63, 3.8) is 0 Å². The van der Waals surface area contributed by atoms with Crippen LogP contribution in [0.4, 0.5) is 5.69 Å². The Labute approximate surface area is 82.1 Å². The Kier molecular flexibility index (Phi) is 2.03. The Bertz CT molecular complexity index is 351. The van der Waals surface area contributed by atoms with Crippen LogP contribution in [0.5, 0.6) is 0 Å². The van der Waals surface area contributed by atoms with Gasteiger partial charge in [-0.2, -0.15) is 5.10 Å². The first-order valence-corrected chi connectivity index (χ1v) is 4.67. The van der Waals surface area contributed by atoms with Crippen LogP contribution in [0, 0.1) is 19.8 Å². The summed E-state index contributed by atoms with van der Waals surface area (Å²) in [5, 5.41) is 9.65. The van der Waals surface area contributed by atoms with Crippen molar-refractivity contribution < 1.29 is 4.79 Å². The fraction of sp³-hybridized carbons (Fsp3) is 0.556. The molecule has 76 valence electrons. The Morgan fingerprint density at radius 2 is 2.29 bits per heavy atom. The van der Waals surface area contributed by atoms with Gasteiger partial charge in [-0.05, 0) is 20.3 Å². The van der Waals surface area contributed by atoms with Crippen molar-refractivity contribution in [3.8, 4) is 0 Å². The highest BCUT2D eigenvalue weighted by molar-refractivity contribution is 5.95. The van der Waals surface area contributed by atoms with Gasteiger partial charge in [0.1, 0.15) is 0 Å². The fourth-order valence-corrected chi connectivity index (χ4v) is 1.47. The molecule has 0 radical (unpaired) electrons. The van der Waals surface area contributed by atoms with E-state index in [2.05, 4.69) is 15.5 Å². The number of carbonyl (C=O) groups is 1. The second-order valence-electron chi connectivity index (χ2n) is 3.80. The van der Waals surface area contributed by atoms with E-state index >= 15 is 0 Å². The Balaban J connectivity index is 2.07. The van der Waals surface area contributed by atoms with Gasteiger partial charge < -0.3 is 11.1 Å². The van der Waals surface area contributed by atoms with Crippen LogP contribution in [0.3, 0.4) is 0 Å². The van der Waals surface area contributed by atoms with Gasteiger partial charge >= 0.3 is 0 Å². The summed E-state index contributed by atoms with van der Waals surface area (Å²) in [7, 11) is 0. The highest BCUT2D eigenvalue weighted by Gasteiger charge is 2.40. The summed E-state index contributed by atoms with van der Waals surface area (Å²) in [6.45, 7) is 3.73. The van der Waals surface area contributed by atoms with E-state index in [9.17, 15) is 4.79 Å². The molecule has 0 saturated heterocycles. The van der Waals surface area contributed by atoms with E-state index < -0.39 is 0 Å². The lowest BCUT2D eigenvalue weighted by atomic mass is 10.3. The minimum Gasteiger partial charge on any atom is -0.327 e. The molecule has 0 spiro atoms. The normalized spacial score (nSPS) is 24.8. The van der Waals surface area contributed by atoms with Gasteiger partial charge in [-0.15, -0.1) is 0 Å². The number of aromatic nitrogens is 2. The van der Waals surface area contributed by atoms with Crippen LogP contribution >= 0.6 is 0 Å². The zero-order valence-corrected chi connectivity index (χ0v) is 8.29. The zero-order valence-electron chi connectivity index (χ0n) is 8.29. The Hall–Kier alpha value is -1.36. The second kappa shape index (κ2) is 3.09. The number of hydrogen-bond acceptors (Lipinski definition) is 3. The predicted octanol–water partition coefficient (Wildman–Crippen LogP) is 0.312. The Morgan fingerprint density at radius 1 is 1.64 bits per heavy atom. The second-order valence-corrected chi connectivity index (χ2v) is 3.80. The molecule has 2 rings (SSSR count). The van der Waals surface area contributed by atoms with E-state index in [1.54, 1.807) is 0 Å². The average molecular weight is 194 g/mol. The molecule has 1 aromatic heterocycles. The number of hydrogen-bond donors (Lipinski definition) is 3. The van der Waals surface area contributed by atoms with E-state index in [-0.39, 0.29) is 17.9 Å². The molecule has 2 unspecified atom stereocenters. The van der Waals surface area contributed by atoms with Crippen LogP contribution in [0.15, 0.2) is 0 Å². The monoisotopic (exact) mass is 194 g/mol. The van der Waals surface area contributed by atoms with Crippen molar-refractivity contribution in [1.29, 1.82) is 0 Å². The summed E-state index contributed by atoms with van der Waals surface area (Å²) in [4.78, 5) is 11.6. The van der Waals surface area contributed by atoms with Crippen LogP contribution in [0.25, 0.3) is 0 Å². The maximum Gasteiger partial charge on any atom is 0.229 e. The van der Waals surface area contributed by atoms with E-state index in [1.165, 1.54) is 0 Å². The number of aryl methyl sites for hydroxylation is 2. The van der Waals surface area contributed by atoms with Crippen LogP contribution < -0.4 is 11.1 Å². The Morgan fingerprint density at radius 3 is 2.71 bits per heavy atom. The summed E-state index contributed by atoms with van der Waals surface area (Å²) in [6.07, 6.45) is 0.793. The summed E-state index contributed by atoms with van der Waals surface area (Å²) < 4.78 is 0. The van der Waals surface area contributed by atoms with Crippen LogP contribution in [-0.4, -0.2) is 22.1 Å². The molecule has 1 fully saturated rings. The van der Waals surface area contributed by atoms with Crippen molar-refractivity contribution in [2.24, 2.45) is 11.7 Å². The van der Waals surface area contributed by atoms with Gasteiger partial charge in [0.2, 0.25) is 5.91 Å². The first kappa shape index (κ1) is 9.21. The van der Waals surface area contributed by atoms with Crippen LogP contribution in [0.2, 0.25) is 0 Å². The SMILES string of the molecule is Cc1n[nH]c(C)c1NC(=O)C1CC1N. The minimum atomic E-state index is -0.0105. The molecule has 5 nitrogen and oxygen atoms in total. The van der Waals surface area contributed by atoms with Gasteiger partial charge in [-0.3, -0.25) is 9.89 Å². The maximum absolute atomic E-state index is 11.6. The number of rotatable bonds is 2. The van der Waals surface area contributed by atoms with Crippen molar-refractivity contribution in [3.05, 3.63) is 11.4 Å². The molecule has 14 heavy (non-hydrogen) atoms. The first-order valence-electron chi connectivity index (χ1n) is 4.67. The van der Waals surface area contributed by atoms with Crippen LogP contribution in [-0.2, 0) is 4.79 Å². The summed E-state index contributed by atoms with van der Waals surface area (Å²) in [6, 6.07) is 0.0440. The smallest absolute Gasteiger partial charge is 0.229 e. The number of anilines is 1. The number of amides is 1. The van der Waals surface area contributed by atoms with Gasteiger partial charge in [0.05, 0.1) is 23.0 Å². The molecule has 5 heteroatoms. The topological polar surface area (TPSA) is 83.8 Å². The summed E-state index contributed by atoms with van der Waals surface area (Å²) >= 11 is 0. The van der Waals surface area contributed by atoms with Gasteiger partial charge in [0.25, 0.3) is 0 Å². The average Bonchev–Trinajstić information content (AvgIpc) is 2.79. The number of aromatic amines is 1. The number of H-pyrrole nitrogens is 1. The van der Waals surface area contributed by atoms with Crippen molar-refractivity contribution in [2.45, 2.75) is 26.3 Å². The third-order valence-electron chi connectivity index (χ3n) is 2.55.